The molecule has 10 heteroatoms. The van der Waals surface area contributed by atoms with E-state index in [4.69, 9.17) is 5.21 Å². The number of hydrogen-bond acceptors (Lipinski definition) is 4. The summed E-state index contributed by atoms with van der Waals surface area (Å²) in [4.78, 5) is 11.7. The van der Waals surface area contributed by atoms with Crippen molar-refractivity contribution in [3.63, 3.8) is 0 Å². The van der Waals surface area contributed by atoms with Crippen LogP contribution in [0.25, 0.3) is 0 Å². The van der Waals surface area contributed by atoms with Gasteiger partial charge >= 0.3 is 6.18 Å². The highest BCUT2D eigenvalue weighted by Gasteiger charge is 2.31. The van der Waals surface area contributed by atoms with Crippen LogP contribution in [0.4, 0.5) is 18.9 Å². The number of benzene rings is 3. The van der Waals surface area contributed by atoms with Gasteiger partial charge in [0.05, 0.1) is 16.4 Å². The lowest BCUT2D eigenvalue weighted by molar-refractivity contribution is -0.137. The van der Waals surface area contributed by atoms with Gasteiger partial charge < -0.3 is 0 Å². The molecule has 3 aromatic carbocycles. The van der Waals surface area contributed by atoms with Crippen molar-refractivity contribution in [2.45, 2.75) is 17.0 Å². The molecule has 162 valence electrons. The molecule has 0 aliphatic carbocycles. The van der Waals surface area contributed by atoms with Crippen LogP contribution in [0.15, 0.2) is 83.8 Å². The van der Waals surface area contributed by atoms with Crippen LogP contribution < -0.4 is 10.2 Å². The molecular weight excluding hydrogens is 433 g/mol. The van der Waals surface area contributed by atoms with E-state index in [1.165, 1.54) is 18.2 Å². The lowest BCUT2D eigenvalue weighted by atomic mass is 9.90. The van der Waals surface area contributed by atoms with Crippen LogP contribution >= 0.6 is 0 Å². The van der Waals surface area contributed by atoms with Gasteiger partial charge in [-0.05, 0) is 41.5 Å². The number of alkyl halides is 3. The van der Waals surface area contributed by atoms with E-state index in [1.54, 1.807) is 41.9 Å². The van der Waals surface area contributed by atoms with Gasteiger partial charge in [-0.1, -0.05) is 48.5 Å². The molecule has 0 radical (unpaired) electrons. The van der Waals surface area contributed by atoms with Crippen molar-refractivity contribution >= 4 is 21.6 Å². The Morgan fingerprint density at radius 3 is 2.16 bits per heavy atom. The average Bonchev–Trinajstić information content (AvgIpc) is 2.74. The third-order valence-corrected chi connectivity index (χ3v) is 5.83. The lowest BCUT2D eigenvalue weighted by Crippen LogP contribution is -2.27. The van der Waals surface area contributed by atoms with Crippen LogP contribution in [0.3, 0.4) is 0 Å². The van der Waals surface area contributed by atoms with Crippen LogP contribution in [-0.2, 0) is 21.0 Å². The monoisotopic (exact) mass is 450 g/mol. The molecule has 0 aromatic heterocycles. The molecule has 0 aliphatic heterocycles. The van der Waals surface area contributed by atoms with Crippen molar-refractivity contribution in [1.29, 1.82) is 0 Å². The molecule has 0 saturated carbocycles. The molecule has 3 rings (SSSR count). The summed E-state index contributed by atoms with van der Waals surface area (Å²) < 4.78 is 66.2. The van der Waals surface area contributed by atoms with E-state index in [0.717, 1.165) is 18.2 Å². The first kappa shape index (κ1) is 22.3. The maximum absolute atomic E-state index is 12.9. The smallest absolute Gasteiger partial charge is 0.289 e. The van der Waals surface area contributed by atoms with E-state index in [9.17, 15) is 26.4 Å². The zero-order valence-corrected chi connectivity index (χ0v) is 16.6. The predicted octanol–water partition coefficient (Wildman–Crippen LogP) is 4.14. The lowest BCUT2D eigenvalue weighted by Gasteiger charge is -2.17. The molecule has 0 heterocycles. The highest BCUT2D eigenvalue weighted by atomic mass is 32.2. The Morgan fingerprint density at radius 2 is 1.52 bits per heavy atom. The summed E-state index contributed by atoms with van der Waals surface area (Å²) >= 11 is 0. The van der Waals surface area contributed by atoms with Gasteiger partial charge in [-0.25, -0.2) is 13.9 Å². The summed E-state index contributed by atoms with van der Waals surface area (Å²) in [6.07, 6.45) is -4.69. The molecule has 3 aromatic rings. The predicted molar refractivity (Wildman–Crippen MR) is 107 cm³/mol. The highest BCUT2D eigenvalue weighted by Crippen LogP contribution is 2.31. The first-order valence-electron chi connectivity index (χ1n) is 8.91. The summed E-state index contributed by atoms with van der Waals surface area (Å²) in [6.45, 7) is 0. The number of hydroxylamine groups is 1. The molecule has 31 heavy (non-hydrogen) atoms. The van der Waals surface area contributed by atoms with Gasteiger partial charge in [-0.2, -0.15) is 13.2 Å². The third-order valence-electron chi connectivity index (χ3n) is 4.45. The second kappa shape index (κ2) is 8.78. The van der Waals surface area contributed by atoms with Gasteiger partial charge in [0.2, 0.25) is 0 Å². The van der Waals surface area contributed by atoms with Crippen molar-refractivity contribution in [3.8, 4) is 0 Å². The minimum absolute atomic E-state index is 0.0431. The van der Waals surface area contributed by atoms with E-state index in [2.05, 4.69) is 4.72 Å². The fourth-order valence-electron chi connectivity index (χ4n) is 3.04. The largest absolute Gasteiger partial charge is 0.416 e. The van der Waals surface area contributed by atoms with Gasteiger partial charge in [-0.3, -0.25) is 14.7 Å². The molecule has 0 saturated heterocycles. The van der Waals surface area contributed by atoms with Crippen molar-refractivity contribution in [2.24, 2.45) is 0 Å². The van der Waals surface area contributed by atoms with E-state index >= 15 is 0 Å². The zero-order valence-electron chi connectivity index (χ0n) is 15.8. The van der Waals surface area contributed by atoms with Crippen LogP contribution in [0.1, 0.15) is 22.6 Å². The molecule has 3 N–H and O–H groups in total. The third kappa shape index (κ3) is 5.22. The van der Waals surface area contributed by atoms with Crippen molar-refractivity contribution in [2.75, 3.05) is 4.72 Å². The summed E-state index contributed by atoms with van der Waals surface area (Å²) in [5.74, 6) is -1.67. The van der Waals surface area contributed by atoms with Crippen LogP contribution in [0.5, 0.6) is 0 Å². The minimum atomic E-state index is -4.69. The second-order valence-electron chi connectivity index (χ2n) is 6.58. The summed E-state index contributed by atoms with van der Waals surface area (Å²) in [7, 11) is -4.33. The van der Waals surface area contributed by atoms with Crippen molar-refractivity contribution in [3.05, 3.63) is 95.6 Å². The standard InChI is InChI=1S/C21H17F3N2O4S/c22-21(23,24)16-9-5-11-18(13-16)31(29,30)26-17-10-4-8-15(12-17)19(20(27)25-28)14-6-2-1-3-7-14/h1-13,19,26,28H,(H,25,27). The van der Waals surface area contributed by atoms with Gasteiger partial charge in [0.15, 0.2) is 0 Å². The van der Waals surface area contributed by atoms with Crippen molar-refractivity contribution in [1.82, 2.24) is 5.48 Å². The quantitative estimate of drug-likeness (QED) is 0.389. The second-order valence-corrected chi connectivity index (χ2v) is 8.26. The number of hydrogen-bond donors (Lipinski definition) is 3. The van der Waals surface area contributed by atoms with Crippen molar-refractivity contribution < 1.29 is 31.6 Å². The number of carbonyl (C=O) groups excluding carboxylic acids is 1. The Hall–Kier alpha value is -3.37. The number of rotatable bonds is 6. The molecule has 0 fully saturated rings. The maximum atomic E-state index is 12.9. The highest BCUT2D eigenvalue weighted by molar-refractivity contribution is 7.92. The number of amides is 1. The number of anilines is 1. The fourth-order valence-corrected chi connectivity index (χ4v) is 4.14. The Kier molecular flexibility index (Phi) is 6.32. The number of nitrogens with one attached hydrogen (secondary N) is 2. The average molecular weight is 450 g/mol. The summed E-state index contributed by atoms with van der Waals surface area (Å²) in [5.41, 5.74) is 1.46. The van der Waals surface area contributed by atoms with Gasteiger partial charge in [-0.15, -0.1) is 0 Å². The molecule has 1 unspecified atom stereocenters. The Morgan fingerprint density at radius 1 is 0.871 bits per heavy atom. The van der Waals surface area contributed by atoms with Crippen LogP contribution in [0.2, 0.25) is 0 Å². The molecule has 0 bridgehead atoms. The van der Waals surface area contributed by atoms with E-state index in [1.807, 2.05) is 0 Å². The fraction of sp³-hybridized carbons (Fsp3) is 0.0952. The van der Waals surface area contributed by atoms with E-state index in [-0.39, 0.29) is 5.69 Å². The number of carbonyl (C=O) groups is 1. The van der Waals surface area contributed by atoms with Crippen LogP contribution in [0, 0.1) is 0 Å². The molecule has 1 atom stereocenters. The normalized spacial score (nSPS) is 12.8. The molecule has 0 spiro atoms. The first-order chi connectivity index (χ1) is 14.6. The van der Waals surface area contributed by atoms with E-state index in [0.29, 0.717) is 17.2 Å². The Balaban J connectivity index is 1.95. The zero-order chi connectivity index (χ0) is 22.6. The van der Waals surface area contributed by atoms with Crippen LogP contribution in [-0.4, -0.2) is 19.5 Å². The topological polar surface area (TPSA) is 95.5 Å². The Bertz CT molecular complexity index is 1180. The molecule has 1 amide bonds. The summed E-state index contributed by atoms with van der Waals surface area (Å²) in [6, 6.07) is 17.7. The SMILES string of the molecule is O=C(NO)C(c1ccccc1)c1cccc(NS(=O)(=O)c2cccc(C(F)(F)F)c2)c1. The Labute approximate surface area is 176 Å². The van der Waals surface area contributed by atoms with E-state index < -0.39 is 38.5 Å². The summed E-state index contributed by atoms with van der Waals surface area (Å²) in [5, 5.41) is 9.12. The molecule has 0 aliphatic rings. The number of halogens is 3. The van der Waals surface area contributed by atoms with Gasteiger partial charge in [0.25, 0.3) is 15.9 Å². The van der Waals surface area contributed by atoms with Gasteiger partial charge in [0.1, 0.15) is 0 Å². The number of sulfonamides is 1. The molecular formula is C21H17F3N2O4S. The minimum Gasteiger partial charge on any atom is -0.289 e. The maximum Gasteiger partial charge on any atom is 0.416 e. The molecule has 6 nitrogen and oxygen atoms in total. The first-order valence-corrected chi connectivity index (χ1v) is 10.4. The van der Waals surface area contributed by atoms with Gasteiger partial charge in [0, 0.05) is 5.69 Å².